The van der Waals surface area contributed by atoms with Crippen LogP contribution < -0.4 is 0 Å². The minimum absolute atomic E-state index is 0.0103. The Morgan fingerprint density at radius 1 is 0.359 bits per heavy atom. The first-order valence-electron chi connectivity index (χ1n) is 41.4. The lowest BCUT2D eigenvalue weighted by Gasteiger charge is -2.48. The predicted octanol–water partition coefficient (Wildman–Crippen LogP) is 24.4. The highest BCUT2D eigenvalue weighted by Crippen LogP contribution is 2.64. The Kier molecular flexibility index (Phi) is 25.9. The standard InChI is InChI=1S/C15H15F3O.C14H13F3O.C14H15FO.2C14H16O.C9H11F3O.C8H10F2O.C8H12O2/c16-15(17,18)14(9-8-13(11-14)6-7-13)19-10-12-4-2-1-3-5-12;15-11-5-9(6-12(16)13(11)17)8-18-10-1-2-14(7-10)3-4-14;15-12-3-1-11(2-4-12)10-16-13-5-6-14(9-13)7-8-14;1-2-5-12(6-3-1)11-15-13-7-4-8-14(13)9-10-14;1-2-4-12(5-3-1)11-15-13-6-7-14(10-13)8-9-14;1-13-8(9(10,11)12)5-4-7(6-8)2-3-7;9-7(10)11-6-1-2-8(5-6)3-4-8;1-9-8(10-2)6-5-7(8)3-4-7/h1-7H,8-11H2;3-6,10H,1-2,7-8H2;1-4,7-8,13H,5-6,9-10H2;1-3,5-6,9-10,13H,4,7-8,11H2;1-5,8-9,13H,6-7,10-11H2;2-3H,4-6H2,1H3;3-4,6-7H,1-2,5H2;3-4H,5-6H2,1-2H3. The van der Waals surface area contributed by atoms with E-state index in [0.29, 0.717) is 59.6 Å². The first kappa shape index (κ1) is 86.2. The average Bonchev–Trinajstić information content (AvgIpc) is 1.58. The highest BCUT2D eigenvalue weighted by atomic mass is 19.4. The summed E-state index contributed by atoms with van der Waals surface area (Å²) in [6, 6.07) is 38.4. The molecule has 8 spiro atoms. The minimum Gasteiger partial charge on any atom is -0.373 e. The fourth-order valence-corrected chi connectivity index (χ4v) is 18.3. The van der Waals surface area contributed by atoms with Crippen LogP contribution in [0.25, 0.3) is 0 Å². The second kappa shape index (κ2) is 35.1. The van der Waals surface area contributed by atoms with Crippen LogP contribution in [0.15, 0.2) is 225 Å². The highest BCUT2D eigenvalue weighted by molar-refractivity contribution is 5.38. The van der Waals surface area contributed by atoms with E-state index in [0.717, 1.165) is 101 Å². The van der Waals surface area contributed by atoms with Crippen LogP contribution in [0.4, 0.5) is 52.7 Å². The van der Waals surface area contributed by atoms with Crippen molar-refractivity contribution in [1.82, 2.24) is 0 Å². The Balaban J connectivity index is 0.000000111. The van der Waals surface area contributed by atoms with Crippen LogP contribution in [0.5, 0.6) is 0 Å². The first-order chi connectivity index (χ1) is 56.0. The molecule has 8 fully saturated rings. The fraction of sp³-hybridized carbons (Fsp3) is 0.521. The van der Waals surface area contributed by atoms with Crippen molar-refractivity contribution in [3.63, 3.8) is 0 Å². The van der Waals surface area contributed by atoms with Crippen molar-refractivity contribution < 1.29 is 95.3 Å². The highest BCUT2D eigenvalue weighted by Gasteiger charge is 2.66. The maximum Gasteiger partial charge on any atom is 0.417 e. The van der Waals surface area contributed by atoms with Crippen LogP contribution in [-0.2, 0) is 75.7 Å². The summed E-state index contributed by atoms with van der Waals surface area (Å²) in [5, 5.41) is 0. The third-order valence-corrected chi connectivity index (χ3v) is 26.9. The summed E-state index contributed by atoms with van der Waals surface area (Å²) >= 11 is 0. The zero-order valence-electron chi connectivity index (χ0n) is 66.8. The van der Waals surface area contributed by atoms with Gasteiger partial charge in [0.05, 0.1) is 69.0 Å². The van der Waals surface area contributed by atoms with E-state index in [9.17, 15) is 52.7 Å². The average molecular weight is 1630 g/mol. The molecule has 0 N–H and O–H groups in total. The van der Waals surface area contributed by atoms with Gasteiger partial charge >= 0.3 is 19.0 Å². The van der Waals surface area contributed by atoms with Crippen LogP contribution in [0.1, 0.15) is 175 Å². The summed E-state index contributed by atoms with van der Waals surface area (Å²) in [4.78, 5) is 0. The van der Waals surface area contributed by atoms with E-state index in [2.05, 4.69) is 131 Å². The van der Waals surface area contributed by atoms with E-state index >= 15 is 0 Å². The molecule has 0 amide bonds. The minimum atomic E-state index is -4.31. The molecule has 16 aliphatic carbocycles. The molecule has 0 aliphatic heterocycles. The molecule has 0 radical (unpaired) electrons. The number of halogens is 12. The third-order valence-electron chi connectivity index (χ3n) is 26.9. The summed E-state index contributed by atoms with van der Waals surface area (Å²) in [6.07, 6.45) is 47.0. The quantitative estimate of drug-likeness (QED) is 0.0327. The van der Waals surface area contributed by atoms with Crippen molar-refractivity contribution in [3.05, 3.63) is 276 Å². The SMILES string of the molecule is C1=CC12CCC(OCc1ccccc1)C2.C1=CC12CCCC2OCc1ccccc1.COC1(C(F)(F)F)CCC2(C=C2)C1.COC1(OC)CCC12C=C2.FC(F)(F)C1(OCc2ccccc2)CCC2(C=C2)C1.FC(F)OC1CCC2(C=C2)C1.Fc1cc(COC2CCC3(C=C3)C2)cc(F)c1F.Fc1ccc(COC2CCC3(C=C3)C2)cc1. The number of rotatable bonds is 20. The molecule has 0 heterocycles. The van der Waals surface area contributed by atoms with Gasteiger partial charge < -0.3 is 42.6 Å². The third kappa shape index (κ3) is 21.8. The maximum atomic E-state index is 13.3. The van der Waals surface area contributed by atoms with Gasteiger partial charge in [0.15, 0.2) is 34.4 Å². The van der Waals surface area contributed by atoms with Crippen LogP contribution in [0.2, 0.25) is 0 Å². The molecule has 117 heavy (non-hydrogen) atoms. The predicted molar refractivity (Wildman–Crippen MR) is 422 cm³/mol. The Bertz CT molecular complexity index is 4340. The van der Waals surface area contributed by atoms with Gasteiger partial charge in [0.1, 0.15) is 5.82 Å². The number of alkyl halides is 8. The topological polar surface area (TPSA) is 83.1 Å². The van der Waals surface area contributed by atoms with E-state index in [1.807, 2.05) is 42.5 Å². The monoisotopic (exact) mass is 1630 g/mol. The van der Waals surface area contributed by atoms with Crippen LogP contribution in [0, 0.1) is 66.6 Å². The number of methoxy groups -OCH3 is 3. The second-order valence-electron chi connectivity index (χ2n) is 35.1. The molecule has 8 saturated carbocycles. The number of allylic oxidation sites excluding steroid dienone is 12. The lowest BCUT2D eigenvalue weighted by Crippen LogP contribution is -2.53. The molecule has 0 bridgehead atoms. The number of ether oxygens (including phenoxy) is 9. The van der Waals surface area contributed by atoms with Gasteiger partial charge in [0, 0.05) is 65.7 Å². The van der Waals surface area contributed by atoms with Crippen molar-refractivity contribution in [3.8, 4) is 0 Å². The van der Waals surface area contributed by atoms with Crippen molar-refractivity contribution in [2.24, 2.45) is 43.3 Å². The van der Waals surface area contributed by atoms with Gasteiger partial charge in [-0.1, -0.05) is 200 Å². The van der Waals surface area contributed by atoms with Crippen molar-refractivity contribution in [1.29, 1.82) is 0 Å². The van der Waals surface area contributed by atoms with Gasteiger partial charge in [-0.25, -0.2) is 17.6 Å². The van der Waals surface area contributed by atoms with Crippen molar-refractivity contribution in [2.75, 3.05) is 21.3 Å². The van der Waals surface area contributed by atoms with Gasteiger partial charge in [0.2, 0.25) is 0 Å². The number of hydrogen-bond acceptors (Lipinski definition) is 9. The molecule has 21 heteroatoms. The smallest absolute Gasteiger partial charge is 0.373 e. The molecule has 7 atom stereocenters. The van der Waals surface area contributed by atoms with Crippen LogP contribution >= 0.6 is 0 Å². The van der Waals surface area contributed by atoms with Crippen LogP contribution in [-0.4, -0.2) is 87.8 Å². The zero-order chi connectivity index (χ0) is 82.5. The largest absolute Gasteiger partial charge is 0.417 e. The van der Waals surface area contributed by atoms with Gasteiger partial charge in [0.25, 0.3) is 0 Å². The summed E-state index contributed by atoms with van der Waals surface area (Å²) in [5.74, 6) is -4.25. The molecule has 0 aromatic heterocycles. The van der Waals surface area contributed by atoms with Gasteiger partial charge in [-0.05, 0) is 193 Å². The van der Waals surface area contributed by atoms with E-state index in [1.54, 1.807) is 50.6 Å². The Labute approximate surface area is 679 Å². The maximum absolute atomic E-state index is 13.3. The van der Waals surface area contributed by atoms with E-state index in [1.165, 1.54) is 74.6 Å². The molecule has 7 unspecified atom stereocenters. The van der Waals surface area contributed by atoms with Gasteiger partial charge in [-0.2, -0.15) is 35.1 Å². The fourth-order valence-electron chi connectivity index (χ4n) is 18.3. The molecule has 630 valence electrons. The lowest BCUT2D eigenvalue weighted by molar-refractivity contribution is -0.290. The van der Waals surface area contributed by atoms with E-state index < -0.39 is 47.6 Å². The summed E-state index contributed by atoms with van der Waals surface area (Å²) in [5.41, 5.74) is 2.20. The Morgan fingerprint density at radius 2 is 0.744 bits per heavy atom. The molecule has 21 rings (SSSR count). The Morgan fingerprint density at radius 3 is 1.09 bits per heavy atom. The molecule has 9 nitrogen and oxygen atoms in total. The molecule has 5 aromatic rings. The molecule has 5 aromatic carbocycles. The van der Waals surface area contributed by atoms with Crippen LogP contribution in [0.3, 0.4) is 0 Å². The van der Waals surface area contributed by atoms with Gasteiger partial charge in [-0.15, -0.1) is 0 Å². The summed E-state index contributed by atoms with van der Waals surface area (Å²) in [6.45, 7) is -0.350. The lowest BCUT2D eigenvalue weighted by atomic mass is 9.72. The molecular weight excluding hydrogens is 1530 g/mol. The zero-order valence-corrected chi connectivity index (χ0v) is 66.8. The van der Waals surface area contributed by atoms with Crippen molar-refractivity contribution in [2.45, 2.75) is 247 Å². The molecular formula is C96H108F12O9. The van der Waals surface area contributed by atoms with E-state index in [4.69, 9.17) is 33.2 Å². The normalized spacial score (nSPS) is 27.9. The molecule has 16 aliphatic rings. The van der Waals surface area contributed by atoms with E-state index in [-0.39, 0.29) is 89.8 Å². The Hall–Kier alpha value is -7.18. The number of hydrogen-bond donors (Lipinski definition) is 0. The van der Waals surface area contributed by atoms with Gasteiger partial charge in [-0.3, -0.25) is 0 Å². The second-order valence-corrected chi connectivity index (χ2v) is 35.1. The number of benzene rings is 5. The summed E-state index contributed by atoms with van der Waals surface area (Å²) < 4.78 is 201. The summed E-state index contributed by atoms with van der Waals surface area (Å²) in [7, 11) is 4.57. The molecule has 0 saturated heterocycles. The van der Waals surface area contributed by atoms with Crippen molar-refractivity contribution >= 4 is 0 Å². The first-order valence-corrected chi connectivity index (χ1v) is 41.4.